The third-order valence-corrected chi connectivity index (χ3v) is 1.44. The van der Waals surface area contributed by atoms with Crippen LogP contribution in [0, 0.1) is 0 Å². The summed E-state index contributed by atoms with van der Waals surface area (Å²) in [4.78, 5) is 10.6. The fourth-order valence-electron chi connectivity index (χ4n) is 0.827. The van der Waals surface area contributed by atoms with Gasteiger partial charge in [0.25, 0.3) is 6.43 Å². The Balaban J connectivity index is 2.40. The number of rotatable bonds is 1. The summed E-state index contributed by atoms with van der Waals surface area (Å²) in [6.45, 7) is -0.00264. The number of hydrogen-bond acceptors (Lipinski definition) is 2. The van der Waals surface area contributed by atoms with Crippen molar-refractivity contribution in [2.24, 2.45) is 0 Å². The fourth-order valence-corrected chi connectivity index (χ4v) is 0.827. The molecule has 0 aliphatic carbocycles. The van der Waals surface area contributed by atoms with Crippen LogP contribution in [0.15, 0.2) is 0 Å². The van der Waals surface area contributed by atoms with Crippen molar-refractivity contribution in [3.63, 3.8) is 0 Å². The summed E-state index contributed by atoms with van der Waals surface area (Å²) in [5, 5.41) is 2.33. The molecule has 1 saturated heterocycles. The molecule has 1 rings (SSSR count). The van der Waals surface area contributed by atoms with Crippen LogP contribution in [0.25, 0.3) is 0 Å². The third-order valence-electron chi connectivity index (χ3n) is 1.44. The Bertz CT molecular complexity index is 152. The van der Waals surface area contributed by atoms with E-state index in [9.17, 15) is 13.6 Å². The Labute approximate surface area is 62.7 Å². The van der Waals surface area contributed by atoms with Gasteiger partial charge in [-0.15, -0.1) is 0 Å². The van der Waals surface area contributed by atoms with Gasteiger partial charge < -0.3 is 10.1 Å². The second kappa shape index (κ2) is 3.61. The molecular formula is C6H9F2NO2. The zero-order valence-electron chi connectivity index (χ0n) is 5.85. The SMILES string of the molecule is O=C1CCO[C@H](C(F)F)CN1. The maximum Gasteiger partial charge on any atom is 0.266 e. The van der Waals surface area contributed by atoms with Crippen molar-refractivity contribution in [2.45, 2.75) is 19.0 Å². The highest BCUT2D eigenvalue weighted by Crippen LogP contribution is 2.07. The molecule has 11 heavy (non-hydrogen) atoms. The van der Waals surface area contributed by atoms with Gasteiger partial charge in [-0.3, -0.25) is 4.79 Å². The summed E-state index contributed by atoms with van der Waals surface area (Å²) in [6.07, 6.45) is -3.49. The summed E-state index contributed by atoms with van der Waals surface area (Å²) in [6, 6.07) is 0. The van der Waals surface area contributed by atoms with Crippen LogP contribution in [0.5, 0.6) is 0 Å². The number of alkyl halides is 2. The van der Waals surface area contributed by atoms with Gasteiger partial charge in [-0.2, -0.15) is 0 Å². The minimum absolute atomic E-state index is 0.0842. The summed E-state index contributed by atoms with van der Waals surface area (Å²) in [5.41, 5.74) is 0. The van der Waals surface area contributed by atoms with Crippen LogP contribution in [0.3, 0.4) is 0 Å². The van der Waals surface area contributed by atoms with Gasteiger partial charge in [-0.05, 0) is 0 Å². The van der Waals surface area contributed by atoms with E-state index in [1.165, 1.54) is 0 Å². The van der Waals surface area contributed by atoms with Crippen LogP contribution in [0.1, 0.15) is 6.42 Å². The lowest BCUT2D eigenvalue weighted by atomic mass is 10.4. The number of hydrogen-bond donors (Lipinski definition) is 1. The molecule has 1 aliphatic rings. The van der Waals surface area contributed by atoms with Crippen LogP contribution >= 0.6 is 0 Å². The van der Waals surface area contributed by atoms with Gasteiger partial charge in [0.1, 0.15) is 6.10 Å². The molecule has 0 unspecified atom stereocenters. The molecule has 0 aromatic heterocycles. The number of halogens is 2. The topological polar surface area (TPSA) is 38.3 Å². The molecule has 0 aromatic carbocycles. The first-order valence-corrected chi connectivity index (χ1v) is 3.36. The van der Waals surface area contributed by atoms with Gasteiger partial charge in [0.15, 0.2) is 0 Å². The van der Waals surface area contributed by atoms with E-state index in [0.29, 0.717) is 0 Å². The van der Waals surface area contributed by atoms with E-state index < -0.39 is 12.5 Å². The number of carbonyl (C=O) groups is 1. The fraction of sp³-hybridized carbons (Fsp3) is 0.833. The van der Waals surface area contributed by atoms with Crippen molar-refractivity contribution in [1.82, 2.24) is 5.32 Å². The molecule has 0 aromatic rings. The number of nitrogens with one attached hydrogen (secondary N) is 1. The number of ether oxygens (including phenoxy) is 1. The highest BCUT2D eigenvalue weighted by Gasteiger charge is 2.24. The lowest BCUT2D eigenvalue weighted by molar-refractivity contribution is -0.120. The highest BCUT2D eigenvalue weighted by molar-refractivity contribution is 5.76. The Morgan fingerprint density at radius 3 is 3.00 bits per heavy atom. The van der Waals surface area contributed by atoms with Crippen molar-refractivity contribution in [3.8, 4) is 0 Å². The van der Waals surface area contributed by atoms with Crippen LogP contribution in [0.2, 0.25) is 0 Å². The summed E-state index contributed by atoms with van der Waals surface area (Å²) < 4.78 is 28.6. The van der Waals surface area contributed by atoms with E-state index in [-0.39, 0.29) is 25.5 Å². The molecule has 64 valence electrons. The molecule has 1 N–H and O–H groups in total. The van der Waals surface area contributed by atoms with E-state index >= 15 is 0 Å². The summed E-state index contributed by atoms with van der Waals surface area (Å²) in [7, 11) is 0. The third kappa shape index (κ3) is 2.42. The molecule has 0 spiro atoms. The molecule has 1 fully saturated rings. The zero-order chi connectivity index (χ0) is 8.27. The van der Waals surface area contributed by atoms with E-state index in [4.69, 9.17) is 4.74 Å². The number of amides is 1. The molecule has 1 atom stereocenters. The Kier molecular flexibility index (Phi) is 2.76. The molecule has 0 bridgehead atoms. The van der Waals surface area contributed by atoms with Crippen molar-refractivity contribution in [2.75, 3.05) is 13.2 Å². The first kappa shape index (κ1) is 8.39. The van der Waals surface area contributed by atoms with E-state index in [1.807, 2.05) is 0 Å². The maximum absolute atomic E-state index is 12.0. The second-order valence-corrected chi connectivity index (χ2v) is 2.30. The lowest BCUT2D eigenvalue weighted by Gasteiger charge is -2.12. The average Bonchev–Trinajstić information content (AvgIpc) is 2.13. The minimum atomic E-state index is -2.52. The normalized spacial score (nSPS) is 26.5. The Morgan fingerprint density at radius 1 is 1.64 bits per heavy atom. The van der Waals surface area contributed by atoms with Crippen molar-refractivity contribution in [3.05, 3.63) is 0 Å². The second-order valence-electron chi connectivity index (χ2n) is 2.30. The molecule has 1 aliphatic heterocycles. The lowest BCUT2D eigenvalue weighted by Crippen LogP contribution is -2.33. The van der Waals surface area contributed by atoms with Crippen LogP contribution in [-0.2, 0) is 9.53 Å². The van der Waals surface area contributed by atoms with E-state index in [2.05, 4.69) is 5.32 Å². The predicted molar refractivity (Wildman–Crippen MR) is 33.4 cm³/mol. The number of carbonyl (C=O) groups excluding carboxylic acids is 1. The van der Waals surface area contributed by atoms with E-state index in [0.717, 1.165) is 0 Å². The smallest absolute Gasteiger partial charge is 0.266 e. The van der Waals surface area contributed by atoms with E-state index in [1.54, 1.807) is 0 Å². The minimum Gasteiger partial charge on any atom is -0.370 e. The van der Waals surface area contributed by atoms with Crippen LogP contribution < -0.4 is 5.32 Å². The van der Waals surface area contributed by atoms with Crippen LogP contribution in [0.4, 0.5) is 8.78 Å². The molecule has 3 nitrogen and oxygen atoms in total. The predicted octanol–water partition coefficient (Wildman–Crippen LogP) is 0.157. The molecule has 0 radical (unpaired) electrons. The Hall–Kier alpha value is -0.710. The van der Waals surface area contributed by atoms with Gasteiger partial charge in [-0.1, -0.05) is 0 Å². The van der Waals surface area contributed by atoms with Crippen molar-refractivity contribution < 1.29 is 18.3 Å². The first-order valence-electron chi connectivity index (χ1n) is 3.36. The molecule has 1 heterocycles. The van der Waals surface area contributed by atoms with Gasteiger partial charge in [-0.25, -0.2) is 8.78 Å². The maximum atomic E-state index is 12.0. The van der Waals surface area contributed by atoms with Gasteiger partial charge >= 0.3 is 0 Å². The Morgan fingerprint density at radius 2 is 2.36 bits per heavy atom. The standard InChI is InChI=1S/C6H9F2NO2/c7-6(8)4-3-9-5(10)1-2-11-4/h4,6H,1-3H2,(H,9,10)/t4-/m0/s1. The van der Waals surface area contributed by atoms with Gasteiger partial charge in [0, 0.05) is 13.0 Å². The monoisotopic (exact) mass is 165 g/mol. The van der Waals surface area contributed by atoms with Gasteiger partial charge in [0.05, 0.1) is 6.61 Å². The largest absolute Gasteiger partial charge is 0.370 e. The summed E-state index contributed by atoms with van der Waals surface area (Å²) in [5.74, 6) is -0.229. The van der Waals surface area contributed by atoms with Gasteiger partial charge in [0.2, 0.25) is 5.91 Å². The van der Waals surface area contributed by atoms with Crippen LogP contribution in [-0.4, -0.2) is 31.6 Å². The summed E-state index contributed by atoms with van der Waals surface area (Å²) >= 11 is 0. The quantitative estimate of drug-likeness (QED) is 0.601. The molecule has 5 heteroatoms. The molecular weight excluding hydrogens is 156 g/mol. The van der Waals surface area contributed by atoms with Crippen molar-refractivity contribution >= 4 is 5.91 Å². The zero-order valence-corrected chi connectivity index (χ0v) is 5.85. The average molecular weight is 165 g/mol. The first-order chi connectivity index (χ1) is 5.20. The molecule has 1 amide bonds. The molecule has 0 saturated carbocycles. The highest BCUT2D eigenvalue weighted by atomic mass is 19.3. The van der Waals surface area contributed by atoms with Crippen molar-refractivity contribution in [1.29, 1.82) is 0 Å².